The molecule has 2 bridgehead atoms. The van der Waals surface area contributed by atoms with Crippen LogP contribution in [0.5, 0.6) is 0 Å². The topological polar surface area (TPSA) is 93.7 Å². The highest BCUT2D eigenvalue weighted by Gasteiger charge is 2.68. The van der Waals surface area contributed by atoms with Gasteiger partial charge in [-0.15, -0.1) is 0 Å². The van der Waals surface area contributed by atoms with E-state index < -0.39 is 5.41 Å². The lowest BCUT2D eigenvalue weighted by molar-refractivity contribution is -0.138. The monoisotopic (exact) mass is 295 g/mol. The Labute approximate surface area is 129 Å². The highest BCUT2D eigenvalue weighted by atomic mass is 16.2. The van der Waals surface area contributed by atoms with Gasteiger partial charge in [-0.1, -0.05) is 13.8 Å². The van der Waals surface area contributed by atoms with Crippen molar-refractivity contribution in [2.45, 2.75) is 38.0 Å². The Morgan fingerprint density at radius 3 is 2.36 bits per heavy atom. The lowest BCUT2D eigenvalue weighted by Crippen LogP contribution is -2.49. The zero-order valence-corrected chi connectivity index (χ0v) is 13.1. The van der Waals surface area contributed by atoms with Crippen LogP contribution < -0.4 is 0 Å². The number of carbonyl (C=O) groups is 1. The third-order valence-corrected chi connectivity index (χ3v) is 5.42. The molecular weight excluding hydrogens is 278 g/mol. The first-order chi connectivity index (χ1) is 10.3. The fraction of sp³-hybridized carbons (Fsp3) is 0.562. The number of carbonyl (C=O) groups excluding carboxylic acids is 1. The third-order valence-electron chi connectivity index (χ3n) is 5.42. The summed E-state index contributed by atoms with van der Waals surface area (Å²) in [5, 5.41) is 18.4. The molecule has 2 aliphatic rings. The molecule has 0 saturated heterocycles. The van der Waals surface area contributed by atoms with Gasteiger partial charge in [0.2, 0.25) is 5.91 Å². The molecule has 2 aliphatic carbocycles. The van der Waals surface area contributed by atoms with Gasteiger partial charge in [-0.2, -0.15) is 10.5 Å². The smallest absolute Gasteiger partial charge is 0.234 e. The molecule has 112 valence electrons. The van der Waals surface area contributed by atoms with E-state index in [1.165, 1.54) is 0 Å². The Hall–Kier alpha value is -2.47. The summed E-state index contributed by atoms with van der Waals surface area (Å²) in [7, 11) is 3.47. The number of hydrogen-bond acceptors (Lipinski definition) is 5. The van der Waals surface area contributed by atoms with Crippen molar-refractivity contribution in [2.24, 2.45) is 5.41 Å². The number of rotatable bonds is 1. The summed E-state index contributed by atoms with van der Waals surface area (Å²) >= 11 is 0. The largest absolute Gasteiger partial charge is 0.348 e. The summed E-state index contributed by atoms with van der Waals surface area (Å²) < 4.78 is 0. The minimum absolute atomic E-state index is 0.00153. The van der Waals surface area contributed by atoms with Gasteiger partial charge in [0, 0.05) is 20.0 Å². The van der Waals surface area contributed by atoms with Crippen molar-refractivity contribution < 1.29 is 4.79 Å². The Morgan fingerprint density at radius 2 is 1.82 bits per heavy atom. The molecule has 1 aromatic rings. The van der Waals surface area contributed by atoms with E-state index >= 15 is 0 Å². The first-order valence-corrected chi connectivity index (χ1v) is 7.25. The highest BCUT2D eigenvalue weighted by Crippen LogP contribution is 2.67. The molecule has 1 fully saturated rings. The van der Waals surface area contributed by atoms with Crippen LogP contribution in [0.1, 0.15) is 55.4 Å². The van der Waals surface area contributed by atoms with Gasteiger partial charge in [0.15, 0.2) is 11.4 Å². The Kier molecular flexibility index (Phi) is 2.81. The average molecular weight is 295 g/mol. The third kappa shape index (κ3) is 1.40. The zero-order chi connectivity index (χ0) is 16.3. The second-order valence-electron chi connectivity index (χ2n) is 6.80. The minimum atomic E-state index is -0.747. The molecular formula is C16H17N5O. The van der Waals surface area contributed by atoms with Crippen LogP contribution in [0.15, 0.2) is 0 Å². The van der Waals surface area contributed by atoms with Crippen LogP contribution >= 0.6 is 0 Å². The highest BCUT2D eigenvalue weighted by molar-refractivity contribution is 5.91. The second kappa shape index (κ2) is 4.27. The van der Waals surface area contributed by atoms with Gasteiger partial charge in [-0.25, -0.2) is 9.97 Å². The molecule has 22 heavy (non-hydrogen) atoms. The van der Waals surface area contributed by atoms with Gasteiger partial charge in [0.1, 0.15) is 12.1 Å². The minimum Gasteiger partial charge on any atom is -0.348 e. The fourth-order valence-corrected chi connectivity index (χ4v) is 4.27. The summed E-state index contributed by atoms with van der Waals surface area (Å²) in [5.74, 6) is 0.0976. The zero-order valence-electron chi connectivity index (χ0n) is 13.1. The van der Waals surface area contributed by atoms with Crippen molar-refractivity contribution in [3.8, 4) is 12.1 Å². The number of likely N-dealkylation sites (N-methyl/N-ethyl adjacent to an activating group) is 1. The first kappa shape index (κ1) is 14.5. The number of amides is 1. The standard InChI is InChI=1S/C16H17N5O/c1-15(2)9-5-6-16(15,14(22)21(3)4)13-12(9)19-10(7-17)11(8-18)20-13/h9H,5-6H2,1-4H3. The van der Waals surface area contributed by atoms with E-state index in [2.05, 4.69) is 23.8 Å². The van der Waals surface area contributed by atoms with Crippen molar-refractivity contribution in [3.05, 3.63) is 22.8 Å². The quantitative estimate of drug-likeness (QED) is 0.782. The molecule has 0 aromatic carbocycles. The molecule has 0 spiro atoms. The maximum atomic E-state index is 13.0. The van der Waals surface area contributed by atoms with Crippen LogP contribution in [0.25, 0.3) is 0 Å². The molecule has 1 saturated carbocycles. The van der Waals surface area contributed by atoms with Crippen LogP contribution in [-0.4, -0.2) is 34.9 Å². The predicted molar refractivity (Wildman–Crippen MR) is 77.6 cm³/mol. The van der Waals surface area contributed by atoms with Gasteiger partial charge >= 0.3 is 0 Å². The number of nitriles is 2. The normalized spacial score (nSPS) is 26.9. The summed E-state index contributed by atoms with van der Waals surface area (Å²) in [6, 6.07) is 3.86. The fourth-order valence-electron chi connectivity index (χ4n) is 4.27. The van der Waals surface area contributed by atoms with Crippen molar-refractivity contribution >= 4 is 5.91 Å². The predicted octanol–water partition coefficient (Wildman–Crippen LogP) is 1.46. The molecule has 1 heterocycles. The Morgan fingerprint density at radius 1 is 1.23 bits per heavy atom. The second-order valence-corrected chi connectivity index (χ2v) is 6.80. The van der Waals surface area contributed by atoms with Crippen LogP contribution in [-0.2, 0) is 10.2 Å². The van der Waals surface area contributed by atoms with Crippen molar-refractivity contribution in [2.75, 3.05) is 14.1 Å². The number of fused-ring (bicyclic) bond motifs is 5. The maximum absolute atomic E-state index is 13.0. The van der Waals surface area contributed by atoms with Gasteiger partial charge in [-0.3, -0.25) is 4.79 Å². The molecule has 3 rings (SSSR count). The van der Waals surface area contributed by atoms with E-state index in [0.29, 0.717) is 12.1 Å². The number of aromatic nitrogens is 2. The molecule has 0 radical (unpaired) electrons. The Balaban J connectivity index is 2.34. The molecule has 1 aromatic heterocycles. The molecule has 2 unspecified atom stereocenters. The van der Waals surface area contributed by atoms with Crippen molar-refractivity contribution in [1.82, 2.24) is 14.9 Å². The van der Waals surface area contributed by atoms with Gasteiger partial charge in [-0.05, 0) is 18.3 Å². The lowest BCUT2D eigenvalue weighted by Gasteiger charge is -2.38. The molecule has 0 N–H and O–H groups in total. The van der Waals surface area contributed by atoms with Crippen molar-refractivity contribution in [1.29, 1.82) is 10.5 Å². The van der Waals surface area contributed by atoms with E-state index in [1.54, 1.807) is 19.0 Å². The molecule has 6 heteroatoms. The van der Waals surface area contributed by atoms with E-state index in [0.717, 1.165) is 12.1 Å². The summed E-state index contributed by atoms with van der Waals surface area (Å²) in [6.45, 7) is 4.13. The van der Waals surface area contributed by atoms with Crippen LogP contribution in [0, 0.1) is 28.1 Å². The first-order valence-electron chi connectivity index (χ1n) is 7.25. The van der Waals surface area contributed by atoms with Crippen molar-refractivity contribution in [3.63, 3.8) is 0 Å². The van der Waals surface area contributed by atoms with E-state index in [4.69, 9.17) is 5.26 Å². The lowest BCUT2D eigenvalue weighted by atomic mass is 9.67. The van der Waals surface area contributed by atoms with Gasteiger partial charge in [0.05, 0.1) is 16.8 Å². The Bertz CT molecular complexity index is 768. The molecule has 2 atom stereocenters. The van der Waals surface area contributed by atoms with Crippen LogP contribution in [0.2, 0.25) is 0 Å². The molecule has 0 aliphatic heterocycles. The van der Waals surface area contributed by atoms with E-state index in [1.807, 2.05) is 12.1 Å². The van der Waals surface area contributed by atoms with Gasteiger partial charge in [0.25, 0.3) is 0 Å². The average Bonchev–Trinajstić information content (AvgIpc) is 2.86. The van der Waals surface area contributed by atoms with E-state index in [9.17, 15) is 10.1 Å². The maximum Gasteiger partial charge on any atom is 0.234 e. The van der Waals surface area contributed by atoms with Crippen LogP contribution in [0.3, 0.4) is 0 Å². The number of hydrogen-bond donors (Lipinski definition) is 0. The van der Waals surface area contributed by atoms with Gasteiger partial charge < -0.3 is 4.90 Å². The summed E-state index contributed by atoms with van der Waals surface area (Å²) in [5.41, 5.74) is 0.318. The van der Waals surface area contributed by atoms with E-state index in [-0.39, 0.29) is 28.6 Å². The molecule has 1 amide bonds. The molecule has 6 nitrogen and oxygen atoms in total. The SMILES string of the molecule is CN(C)C(=O)C12CCC(c3nc(C#N)c(C#N)nc31)C2(C)C. The number of nitrogens with zero attached hydrogens (tertiary/aromatic N) is 5. The van der Waals surface area contributed by atoms with Crippen LogP contribution in [0.4, 0.5) is 0 Å². The summed E-state index contributed by atoms with van der Waals surface area (Å²) in [4.78, 5) is 23.3. The summed E-state index contributed by atoms with van der Waals surface area (Å²) in [6.07, 6.45) is 1.56.